The van der Waals surface area contributed by atoms with E-state index in [9.17, 15) is 4.79 Å². The summed E-state index contributed by atoms with van der Waals surface area (Å²) in [5, 5.41) is 6.17. The van der Waals surface area contributed by atoms with Crippen LogP contribution in [0.25, 0.3) is 11.2 Å². The maximum Gasteiger partial charge on any atom is 0.233 e. The van der Waals surface area contributed by atoms with Crippen molar-refractivity contribution in [2.24, 2.45) is 5.92 Å². The van der Waals surface area contributed by atoms with Gasteiger partial charge in [-0.2, -0.15) is 9.97 Å². The minimum Gasteiger partial charge on any atom is -0.341 e. The van der Waals surface area contributed by atoms with Gasteiger partial charge in [0.15, 0.2) is 10.8 Å². The van der Waals surface area contributed by atoms with Crippen LogP contribution in [-0.2, 0) is 4.79 Å². The fourth-order valence-electron chi connectivity index (χ4n) is 2.27. The van der Waals surface area contributed by atoms with Crippen LogP contribution in [0.1, 0.15) is 13.3 Å². The third-order valence-corrected chi connectivity index (χ3v) is 3.61. The summed E-state index contributed by atoms with van der Waals surface area (Å²) in [7, 11) is 0. The Morgan fingerprint density at radius 3 is 3.11 bits per heavy atom. The van der Waals surface area contributed by atoms with Crippen LogP contribution in [0.5, 0.6) is 0 Å². The maximum atomic E-state index is 12.1. The first-order valence-corrected chi connectivity index (χ1v) is 6.44. The van der Waals surface area contributed by atoms with Gasteiger partial charge in [-0.25, -0.2) is 4.98 Å². The van der Waals surface area contributed by atoms with E-state index >= 15 is 0 Å². The van der Waals surface area contributed by atoms with Crippen molar-refractivity contribution in [3.63, 3.8) is 0 Å². The number of hydrogen-bond donors (Lipinski definition) is 3. The van der Waals surface area contributed by atoms with Crippen LogP contribution in [0.2, 0.25) is 5.15 Å². The molecule has 0 aliphatic carbocycles. The molecule has 19 heavy (non-hydrogen) atoms. The summed E-state index contributed by atoms with van der Waals surface area (Å²) in [6.07, 6.45) is 2.30. The molecule has 7 nitrogen and oxygen atoms in total. The van der Waals surface area contributed by atoms with Gasteiger partial charge in [0.25, 0.3) is 0 Å². The standard InChI is InChI=1S/C11H13ClN6O/c1-5-6(2-3-13-5)10(19)18-11-16-8(12)7-9(17-11)15-4-14-7/h4-6,13H,2-3H2,1H3,(H2,14,15,16,17,18,19). The zero-order valence-electron chi connectivity index (χ0n) is 10.3. The van der Waals surface area contributed by atoms with E-state index in [-0.39, 0.29) is 29.0 Å². The minimum atomic E-state index is -0.0940. The zero-order chi connectivity index (χ0) is 13.4. The lowest BCUT2D eigenvalue weighted by molar-refractivity contribution is -0.120. The molecule has 1 fully saturated rings. The molecule has 0 saturated carbocycles. The average Bonchev–Trinajstić information content (AvgIpc) is 2.97. The Morgan fingerprint density at radius 2 is 2.37 bits per heavy atom. The first kappa shape index (κ1) is 12.3. The quantitative estimate of drug-likeness (QED) is 0.712. The van der Waals surface area contributed by atoms with Crippen LogP contribution >= 0.6 is 11.6 Å². The highest BCUT2D eigenvalue weighted by Gasteiger charge is 2.29. The Balaban J connectivity index is 1.83. The molecule has 2 aromatic rings. The molecule has 0 radical (unpaired) electrons. The third kappa shape index (κ3) is 2.26. The third-order valence-electron chi connectivity index (χ3n) is 3.34. The van der Waals surface area contributed by atoms with Gasteiger partial charge in [0.2, 0.25) is 11.9 Å². The van der Waals surface area contributed by atoms with Gasteiger partial charge >= 0.3 is 0 Å². The van der Waals surface area contributed by atoms with Crippen molar-refractivity contribution in [2.75, 3.05) is 11.9 Å². The number of aromatic nitrogens is 4. The van der Waals surface area contributed by atoms with E-state index in [1.165, 1.54) is 6.33 Å². The van der Waals surface area contributed by atoms with Gasteiger partial charge in [0.1, 0.15) is 5.52 Å². The lowest BCUT2D eigenvalue weighted by Crippen LogP contribution is -2.32. The molecule has 1 amide bonds. The molecule has 1 aliphatic rings. The van der Waals surface area contributed by atoms with Gasteiger partial charge in [0, 0.05) is 6.04 Å². The SMILES string of the molecule is CC1NCCC1C(=O)Nc1nc(Cl)c2[nH]cnc2n1. The number of hydrogen-bond acceptors (Lipinski definition) is 5. The van der Waals surface area contributed by atoms with Gasteiger partial charge in [-0.3, -0.25) is 10.1 Å². The number of carbonyl (C=O) groups excluding carboxylic acids is 1. The topological polar surface area (TPSA) is 95.6 Å². The summed E-state index contributed by atoms with van der Waals surface area (Å²) in [6, 6.07) is 0.157. The highest BCUT2D eigenvalue weighted by atomic mass is 35.5. The molecule has 100 valence electrons. The number of carbonyl (C=O) groups is 1. The molecule has 2 aromatic heterocycles. The Morgan fingerprint density at radius 1 is 1.53 bits per heavy atom. The molecule has 3 rings (SSSR count). The number of fused-ring (bicyclic) bond motifs is 1. The normalized spacial score (nSPS) is 22.8. The van der Waals surface area contributed by atoms with Crippen LogP contribution in [-0.4, -0.2) is 38.4 Å². The molecule has 0 spiro atoms. The second-order valence-corrected chi connectivity index (χ2v) is 4.92. The number of rotatable bonds is 2. The molecule has 2 unspecified atom stereocenters. The number of H-pyrrole nitrogens is 1. The van der Waals surface area contributed by atoms with Gasteiger partial charge in [-0.05, 0) is 19.9 Å². The van der Waals surface area contributed by atoms with Crippen LogP contribution in [0, 0.1) is 5.92 Å². The maximum absolute atomic E-state index is 12.1. The van der Waals surface area contributed by atoms with Crippen LogP contribution in [0.4, 0.5) is 5.95 Å². The Kier molecular flexibility index (Phi) is 3.08. The molecule has 1 aliphatic heterocycles. The number of imidazole rings is 1. The van der Waals surface area contributed by atoms with Gasteiger partial charge in [-0.15, -0.1) is 0 Å². The molecule has 3 heterocycles. The van der Waals surface area contributed by atoms with Gasteiger partial charge in [0.05, 0.1) is 12.2 Å². The van der Waals surface area contributed by atoms with E-state index in [1.807, 2.05) is 6.92 Å². The van der Waals surface area contributed by atoms with Gasteiger partial charge in [-0.1, -0.05) is 11.6 Å². The highest BCUT2D eigenvalue weighted by molar-refractivity contribution is 6.33. The molecular formula is C11H13ClN6O. The van der Waals surface area contributed by atoms with E-state index in [4.69, 9.17) is 11.6 Å². The summed E-state index contributed by atoms with van der Waals surface area (Å²) in [4.78, 5) is 27.1. The van der Waals surface area contributed by atoms with E-state index in [2.05, 4.69) is 30.6 Å². The smallest absolute Gasteiger partial charge is 0.233 e. The number of amides is 1. The monoisotopic (exact) mass is 280 g/mol. The van der Waals surface area contributed by atoms with Crippen molar-refractivity contribution < 1.29 is 4.79 Å². The predicted octanol–water partition coefficient (Wildman–Crippen LogP) is 0.943. The molecule has 0 bridgehead atoms. The summed E-state index contributed by atoms with van der Waals surface area (Å²) in [6.45, 7) is 2.83. The van der Waals surface area contributed by atoms with E-state index in [0.717, 1.165) is 13.0 Å². The van der Waals surface area contributed by atoms with Crippen LogP contribution in [0.3, 0.4) is 0 Å². The first-order valence-electron chi connectivity index (χ1n) is 6.06. The first-order chi connectivity index (χ1) is 9.15. The van der Waals surface area contributed by atoms with Crippen LogP contribution < -0.4 is 10.6 Å². The number of aromatic amines is 1. The van der Waals surface area contributed by atoms with Crippen molar-refractivity contribution in [3.8, 4) is 0 Å². The Hall–Kier alpha value is -1.73. The average molecular weight is 281 g/mol. The summed E-state index contributed by atoms with van der Waals surface area (Å²) < 4.78 is 0. The predicted molar refractivity (Wildman–Crippen MR) is 70.9 cm³/mol. The minimum absolute atomic E-state index is 0.0720. The summed E-state index contributed by atoms with van der Waals surface area (Å²) in [5.74, 6) is 0.0226. The van der Waals surface area contributed by atoms with Gasteiger partial charge < -0.3 is 10.3 Å². The highest BCUT2D eigenvalue weighted by Crippen LogP contribution is 2.20. The van der Waals surface area contributed by atoms with Crippen LogP contribution in [0.15, 0.2) is 6.33 Å². The van der Waals surface area contributed by atoms with Crippen molar-refractivity contribution in [3.05, 3.63) is 11.5 Å². The molecule has 8 heteroatoms. The number of anilines is 1. The number of nitrogens with zero attached hydrogens (tertiary/aromatic N) is 3. The van der Waals surface area contributed by atoms with Crippen molar-refractivity contribution in [1.29, 1.82) is 0 Å². The molecule has 2 atom stereocenters. The second kappa shape index (κ2) is 4.75. The molecule has 1 saturated heterocycles. The summed E-state index contributed by atoms with van der Waals surface area (Å²) >= 11 is 5.99. The zero-order valence-corrected chi connectivity index (χ0v) is 11.0. The lowest BCUT2D eigenvalue weighted by Gasteiger charge is -2.13. The van der Waals surface area contributed by atoms with Crippen molar-refractivity contribution >= 4 is 34.6 Å². The Bertz CT molecular complexity index is 627. The summed E-state index contributed by atoms with van der Waals surface area (Å²) in [5.41, 5.74) is 1.00. The number of halogens is 1. The van der Waals surface area contributed by atoms with E-state index < -0.39 is 0 Å². The molecule has 3 N–H and O–H groups in total. The molecule has 0 aromatic carbocycles. The fraction of sp³-hybridized carbons (Fsp3) is 0.455. The van der Waals surface area contributed by atoms with Crippen molar-refractivity contribution in [2.45, 2.75) is 19.4 Å². The Labute approximate surface area is 114 Å². The fourth-order valence-corrected chi connectivity index (χ4v) is 2.49. The molecular weight excluding hydrogens is 268 g/mol. The van der Waals surface area contributed by atoms with E-state index in [1.54, 1.807) is 0 Å². The number of nitrogens with one attached hydrogen (secondary N) is 3. The van der Waals surface area contributed by atoms with E-state index in [0.29, 0.717) is 11.2 Å². The largest absolute Gasteiger partial charge is 0.341 e. The second-order valence-electron chi connectivity index (χ2n) is 4.57. The van der Waals surface area contributed by atoms with Crippen molar-refractivity contribution in [1.82, 2.24) is 25.3 Å². The lowest BCUT2D eigenvalue weighted by atomic mass is 10.0.